The number of hydrogen-bond acceptors (Lipinski definition) is 4. The van der Waals surface area contributed by atoms with Crippen LogP contribution in [0, 0.1) is 23.2 Å². The standard InChI is InChI=1S/C24H27BrN2O3/c25-19-1-3-20(4-2-19)29-15-22-6-5-21(30-22)14-26-27-23(28)13-24-10-16-7-17(11-24)9-18(8-16)12-24/h1-6,14,16-18H,7-13,15H2,(H,27,28). The van der Waals surface area contributed by atoms with Gasteiger partial charge in [0.05, 0.1) is 6.21 Å². The summed E-state index contributed by atoms with van der Waals surface area (Å²) in [6.07, 6.45) is 10.0. The molecular weight excluding hydrogens is 444 g/mol. The van der Waals surface area contributed by atoms with Crippen molar-refractivity contribution in [3.05, 3.63) is 52.4 Å². The molecule has 1 aromatic carbocycles. The van der Waals surface area contributed by atoms with Gasteiger partial charge in [0.15, 0.2) is 0 Å². The lowest BCUT2D eigenvalue weighted by Gasteiger charge is -2.56. The molecule has 0 unspecified atom stereocenters. The van der Waals surface area contributed by atoms with Crippen LogP contribution in [-0.2, 0) is 11.4 Å². The molecule has 6 heteroatoms. The Labute approximate surface area is 185 Å². The summed E-state index contributed by atoms with van der Waals surface area (Å²) in [5.74, 6) is 4.68. The van der Waals surface area contributed by atoms with Crippen LogP contribution in [0.15, 0.2) is 50.4 Å². The van der Waals surface area contributed by atoms with Gasteiger partial charge in [-0.1, -0.05) is 15.9 Å². The molecule has 1 N–H and O–H groups in total. The third-order valence-corrected chi connectivity index (χ3v) is 7.49. The zero-order chi connectivity index (χ0) is 20.6. The Kier molecular flexibility index (Phi) is 5.44. The van der Waals surface area contributed by atoms with Gasteiger partial charge in [-0.2, -0.15) is 5.10 Å². The van der Waals surface area contributed by atoms with Crippen LogP contribution in [0.3, 0.4) is 0 Å². The minimum atomic E-state index is 0.0264. The molecule has 0 spiro atoms. The maximum absolute atomic E-state index is 12.5. The lowest BCUT2D eigenvalue weighted by atomic mass is 9.49. The first kappa shape index (κ1) is 19.9. The molecular formula is C24H27BrN2O3. The highest BCUT2D eigenvalue weighted by Gasteiger charge is 2.51. The zero-order valence-electron chi connectivity index (χ0n) is 17.0. The summed E-state index contributed by atoms with van der Waals surface area (Å²) in [5.41, 5.74) is 2.95. The third kappa shape index (κ3) is 4.48. The minimum Gasteiger partial charge on any atom is -0.486 e. The molecule has 4 aliphatic carbocycles. The molecule has 1 aromatic heterocycles. The molecule has 30 heavy (non-hydrogen) atoms. The number of furan rings is 1. The molecule has 4 saturated carbocycles. The van der Waals surface area contributed by atoms with Crippen LogP contribution >= 0.6 is 15.9 Å². The van der Waals surface area contributed by atoms with E-state index in [4.69, 9.17) is 9.15 Å². The maximum atomic E-state index is 12.5. The molecule has 6 rings (SSSR count). The van der Waals surface area contributed by atoms with E-state index in [-0.39, 0.29) is 11.3 Å². The molecule has 4 fully saturated rings. The summed E-state index contributed by atoms with van der Waals surface area (Å²) in [6.45, 7) is 0.341. The molecule has 0 saturated heterocycles. The molecule has 1 heterocycles. The molecule has 1 amide bonds. The number of carbonyl (C=O) groups excluding carboxylic acids is 1. The van der Waals surface area contributed by atoms with Crippen molar-refractivity contribution >= 4 is 28.1 Å². The number of carbonyl (C=O) groups is 1. The Hall–Kier alpha value is -2.08. The van der Waals surface area contributed by atoms with E-state index in [2.05, 4.69) is 26.5 Å². The number of nitrogens with one attached hydrogen (secondary N) is 1. The number of hydrazone groups is 1. The normalized spacial score (nSPS) is 29.4. The summed E-state index contributed by atoms with van der Waals surface area (Å²) < 4.78 is 12.4. The van der Waals surface area contributed by atoms with E-state index in [0.29, 0.717) is 24.5 Å². The fourth-order valence-electron chi connectivity index (χ4n) is 6.28. The number of halogens is 1. The van der Waals surface area contributed by atoms with Crippen molar-refractivity contribution in [2.75, 3.05) is 0 Å². The number of rotatable bonds is 7. The van der Waals surface area contributed by atoms with Gasteiger partial charge in [-0.05, 0) is 98.1 Å². The Morgan fingerprint density at radius 2 is 1.77 bits per heavy atom. The van der Waals surface area contributed by atoms with Crippen molar-refractivity contribution in [2.45, 2.75) is 51.6 Å². The highest BCUT2D eigenvalue weighted by atomic mass is 79.9. The molecule has 5 nitrogen and oxygen atoms in total. The van der Waals surface area contributed by atoms with Gasteiger partial charge in [0, 0.05) is 10.9 Å². The topological polar surface area (TPSA) is 63.8 Å². The van der Waals surface area contributed by atoms with Gasteiger partial charge in [0.25, 0.3) is 0 Å². The Bertz CT molecular complexity index is 899. The summed E-state index contributed by atoms with van der Waals surface area (Å²) in [6, 6.07) is 11.3. The molecule has 0 radical (unpaired) electrons. The summed E-state index contributed by atoms with van der Waals surface area (Å²) >= 11 is 3.40. The number of benzene rings is 1. The van der Waals surface area contributed by atoms with Gasteiger partial charge >= 0.3 is 0 Å². The third-order valence-electron chi connectivity index (χ3n) is 6.96. The predicted molar refractivity (Wildman–Crippen MR) is 118 cm³/mol. The second kappa shape index (κ2) is 8.22. The van der Waals surface area contributed by atoms with Crippen LogP contribution in [0.4, 0.5) is 0 Å². The molecule has 158 valence electrons. The Balaban J connectivity index is 1.10. The van der Waals surface area contributed by atoms with Crippen LogP contribution in [-0.4, -0.2) is 12.1 Å². The number of nitrogens with zero attached hydrogens (tertiary/aromatic N) is 1. The van der Waals surface area contributed by atoms with Gasteiger partial charge in [0.2, 0.25) is 5.91 Å². The zero-order valence-corrected chi connectivity index (χ0v) is 18.6. The van der Waals surface area contributed by atoms with E-state index in [1.54, 1.807) is 6.21 Å². The van der Waals surface area contributed by atoms with E-state index in [1.807, 2.05) is 36.4 Å². The van der Waals surface area contributed by atoms with E-state index in [0.717, 1.165) is 28.0 Å². The largest absolute Gasteiger partial charge is 0.486 e. The number of hydrogen-bond donors (Lipinski definition) is 1. The van der Waals surface area contributed by atoms with Crippen LogP contribution < -0.4 is 10.2 Å². The second-order valence-electron chi connectivity index (χ2n) is 9.43. The van der Waals surface area contributed by atoms with Gasteiger partial charge < -0.3 is 9.15 Å². The van der Waals surface area contributed by atoms with Gasteiger partial charge in [0.1, 0.15) is 23.9 Å². The molecule has 4 bridgehead atoms. The van der Waals surface area contributed by atoms with E-state index >= 15 is 0 Å². The van der Waals surface area contributed by atoms with Crippen molar-refractivity contribution in [3.8, 4) is 5.75 Å². The SMILES string of the molecule is O=C(CC12CC3CC(CC(C3)C1)C2)NN=Cc1ccc(COc2ccc(Br)cc2)o1. The average molecular weight is 471 g/mol. The Morgan fingerprint density at radius 1 is 1.10 bits per heavy atom. The minimum absolute atomic E-state index is 0.0264. The fourth-order valence-corrected chi connectivity index (χ4v) is 6.55. The first-order valence-electron chi connectivity index (χ1n) is 10.8. The number of amides is 1. The maximum Gasteiger partial charge on any atom is 0.240 e. The van der Waals surface area contributed by atoms with Crippen LogP contribution in [0.1, 0.15) is 56.5 Å². The molecule has 4 aliphatic rings. The highest BCUT2D eigenvalue weighted by Crippen LogP contribution is 2.61. The van der Waals surface area contributed by atoms with Crippen LogP contribution in [0.5, 0.6) is 5.75 Å². The van der Waals surface area contributed by atoms with Gasteiger partial charge in [-0.25, -0.2) is 5.43 Å². The van der Waals surface area contributed by atoms with Crippen molar-refractivity contribution in [1.29, 1.82) is 0 Å². The van der Waals surface area contributed by atoms with Crippen molar-refractivity contribution in [2.24, 2.45) is 28.3 Å². The molecule has 0 aliphatic heterocycles. The quantitative estimate of drug-likeness (QED) is 0.418. The van der Waals surface area contributed by atoms with E-state index < -0.39 is 0 Å². The fraction of sp³-hybridized carbons (Fsp3) is 0.500. The molecule has 0 atom stereocenters. The highest BCUT2D eigenvalue weighted by molar-refractivity contribution is 9.10. The lowest BCUT2D eigenvalue weighted by Crippen LogP contribution is -2.47. The van der Waals surface area contributed by atoms with Crippen molar-refractivity contribution in [1.82, 2.24) is 5.43 Å². The van der Waals surface area contributed by atoms with Crippen molar-refractivity contribution < 1.29 is 13.9 Å². The summed E-state index contributed by atoms with van der Waals surface area (Å²) in [5, 5.41) is 4.12. The average Bonchev–Trinajstić information content (AvgIpc) is 3.14. The monoisotopic (exact) mass is 470 g/mol. The smallest absolute Gasteiger partial charge is 0.240 e. The number of ether oxygens (including phenoxy) is 1. The van der Waals surface area contributed by atoms with E-state index in [1.165, 1.54) is 38.5 Å². The van der Waals surface area contributed by atoms with Gasteiger partial charge in [-0.15, -0.1) is 0 Å². The van der Waals surface area contributed by atoms with Crippen LogP contribution in [0.25, 0.3) is 0 Å². The second-order valence-corrected chi connectivity index (χ2v) is 10.3. The van der Waals surface area contributed by atoms with Crippen LogP contribution in [0.2, 0.25) is 0 Å². The molecule has 2 aromatic rings. The summed E-state index contributed by atoms with van der Waals surface area (Å²) in [4.78, 5) is 12.5. The lowest BCUT2D eigenvalue weighted by molar-refractivity contribution is -0.129. The summed E-state index contributed by atoms with van der Waals surface area (Å²) in [7, 11) is 0. The van der Waals surface area contributed by atoms with Gasteiger partial charge in [-0.3, -0.25) is 4.79 Å². The van der Waals surface area contributed by atoms with E-state index in [9.17, 15) is 4.79 Å². The predicted octanol–water partition coefficient (Wildman–Crippen LogP) is 5.68. The Morgan fingerprint density at radius 3 is 2.43 bits per heavy atom. The first-order valence-corrected chi connectivity index (χ1v) is 11.6. The first-order chi connectivity index (χ1) is 14.6. The van der Waals surface area contributed by atoms with Crippen molar-refractivity contribution in [3.63, 3.8) is 0 Å².